The molecule has 0 fully saturated rings. The molecule has 120 valence electrons. The van der Waals surface area contributed by atoms with Gasteiger partial charge in [0.15, 0.2) is 6.10 Å². The highest BCUT2D eigenvalue weighted by atomic mass is 16.5. The van der Waals surface area contributed by atoms with E-state index < -0.39 is 6.10 Å². The van der Waals surface area contributed by atoms with Crippen LogP contribution in [0.1, 0.15) is 30.5 Å². The van der Waals surface area contributed by atoms with Crippen LogP contribution in [0, 0.1) is 13.8 Å². The molecule has 0 saturated carbocycles. The quantitative estimate of drug-likeness (QED) is 0.677. The number of aryl methyl sites for hydroxylation is 2. The Morgan fingerprint density at radius 1 is 1.09 bits per heavy atom. The Kier molecular flexibility index (Phi) is 5.52. The molecule has 0 bridgehead atoms. The molecule has 0 heterocycles. The number of hydrogen-bond acceptors (Lipinski definition) is 3. The Bertz CT molecular complexity index is 709. The average Bonchev–Trinajstić information content (AvgIpc) is 2.56. The number of carbonyl (C=O) groups is 1. The van der Waals surface area contributed by atoms with E-state index >= 15 is 0 Å². The van der Waals surface area contributed by atoms with E-state index in [-0.39, 0.29) is 5.91 Å². The monoisotopic (exact) mass is 310 g/mol. The molecule has 0 aliphatic rings. The zero-order valence-electron chi connectivity index (χ0n) is 14.0. The molecular formula is C19H22N2O2. The van der Waals surface area contributed by atoms with Crippen molar-refractivity contribution in [1.29, 1.82) is 0 Å². The summed E-state index contributed by atoms with van der Waals surface area (Å²) in [5.74, 6) is 0.401. The van der Waals surface area contributed by atoms with E-state index in [1.807, 2.05) is 69.3 Å². The molecule has 1 N–H and O–H groups in total. The third kappa shape index (κ3) is 4.68. The summed E-state index contributed by atoms with van der Waals surface area (Å²) in [6, 6.07) is 15.5. The van der Waals surface area contributed by atoms with Crippen LogP contribution in [0.25, 0.3) is 0 Å². The molecule has 0 saturated heterocycles. The zero-order valence-corrected chi connectivity index (χ0v) is 14.0. The lowest BCUT2D eigenvalue weighted by Gasteiger charge is -2.14. The van der Waals surface area contributed by atoms with Gasteiger partial charge in [-0.2, -0.15) is 5.10 Å². The van der Waals surface area contributed by atoms with Gasteiger partial charge in [-0.1, -0.05) is 36.4 Å². The van der Waals surface area contributed by atoms with Crippen molar-refractivity contribution in [2.75, 3.05) is 0 Å². The molecule has 1 atom stereocenters. The van der Waals surface area contributed by atoms with Crippen molar-refractivity contribution in [3.8, 4) is 5.75 Å². The summed E-state index contributed by atoms with van der Waals surface area (Å²) >= 11 is 0. The maximum Gasteiger partial charge on any atom is 0.280 e. The number of hydrogen-bond donors (Lipinski definition) is 1. The summed E-state index contributed by atoms with van der Waals surface area (Å²) < 4.78 is 5.67. The topological polar surface area (TPSA) is 50.7 Å². The summed E-state index contributed by atoms with van der Waals surface area (Å²) in [6.07, 6.45) is -0.621. The summed E-state index contributed by atoms with van der Waals surface area (Å²) in [4.78, 5) is 12.1. The van der Waals surface area contributed by atoms with E-state index in [1.54, 1.807) is 6.92 Å². The molecule has 0 aromatic heterocycles. The lowest BCUT2D eigenvalue weighted by atomic mass is 10.1. The average molecular weight is 310 g/mol. The number of benzene rings is 2. The second-order valence-electron chi connectivity index (χ2n) is 5.55. The molecule has 4 nitrogen and oxygen atoms in total. The van der Waals surface area contributed by atoms with Crippen LogP contribution in [0.4, 0.5) is 0 Å². The van der Waals surface area contributed by atoms with Crippen molar-refractivity contribution in [3.63, 3.8) is 0 Å². The third-order valence-corrected chi connectivity index (χ3v) is 3.69. The number of carbonyl (C=O) groups excluding carboxylic acids is 1. The van der Waals surface area contributed by atoms with E-state index in [9.17, 15) is 4.79 Å². The maximum atomic E-state index is 12.1. The first-order valence-electron chi connectivity index (χ1n) is 7.61. The Balaban J connectivity index is 1.96. The van der Waals surface area contributed by atoms with Crippen LogP contribution >= 0.6 is 0 Å². The van der Waals surface area contributed by atoms with Gasteiger partial charge in [0.25, 0.3) is 5.91 Å². The standard InChI is InChI=1S/C19H22N2O2/c1-13-10-11-18(12-14(13)2)23-16(4)19(22)21-20-15(3)17-8-6-5-7-9-17/h5-12,16H,1-4H3,(H,21,22)/b20-15+. The smallest absolute Gasteiger partial charge is 0.280 e. The summed E-state index contributed by atoms with van der Waals surface area (Å²) in [5, 5.41) is 4.13. The molecule has 0 aliphatic carbocycles. The first-order valence-corrected chi connectivity index (χ1v) is 7.61. The summed E-state index contributed by atoms with van der Waals surface area (Å²) in [7, 11) is 0. The molecule has 4 heteroatoms. The molecular weight excluding hydrogens is 288 g/mol. The maximum absolute atomic E-state index is 12.1. The predicted octanol–water partition coefficient (Wildman–Crippen LogP) is 3.61. The number of hydrazone groups is 1. The lowest BCUT2D eigenvalue weighted by molar-refractivity contribution is -0.127. The van der Waals surface area contributed by atoms with Crippen LogP contribution in [0.3, 0.4) is 0 Å². The van der Waals surface area contributed by atoms with E-state index in [0.717, 1.165) is 16.8 Å². The first-order chi connectivity index (χ1) is 11.0. The Morgan fingerprint density at radius 2 is 1.78 bits per heavy atom. The van der Waals surface area contributed by atoms with Crippen LogP contribution < -0.4 is 10.2 Å². The highest BCUT2D eigenvalue weighted by Gasteiger charge is 2.14. The van der Waals surface area contributed by atoms with Gasteiger partial charge < -0.3 is 4.74 Å². The Labute approximate surface area is 137 Å². The molecule has 2 aromatic rings. The summed E-state index contributed by atoms with van der Waals surface area (Å²) in [6.45, 7) is 7.61. The SMILES string of the molecule is C/C(=N\NC(=O)C(C)Oc1ccc(C)c(C)c1)c1ccccc1. The number of nitrogens with zero attached hydrogens (tertiary/aromatic N) is 1. The molecule has 2 aromatic carbocycles. The highest BCUT2D eigenvalue weighted by Crippen LogP contribution is 2.17. The van der Waals surface area contributed by atoms with Crippen LogP contribution in [0.5, 0.6) is 5.75 Å². The van der Waals surface area contributed by atoms with Crippen molar-refractivity contribution in [1.82, 2.24) is 5.43 Å². The minimum atomic E-state index is -0.621. The van der Waals surface area contributed by atoms with Crippen molar-refractivity contribution in [3.05, 3.63) is 65.2 Å². The Morgan fingerprint density at radius 3 is 2.43 bits per heavy atom. The van der Waals surface area contributed by atoms with Crippen LogP contribution in [0.2, 0.25) is 0 Å². The minimum Gasteiger partial charge on any atom is -0.481 e. The van der Waals surface area contributed by atoms with E-state index in [0.29, 0.717) is 5.75 Å². The fourth-order valence-corrected chi connectivity index (χ4v) is 2.02. The first kappa shape index (κ1) is 16.7. The van der Waals surface area contributed by atoms with Gasteiger partial charge in [-0.3, -0.25) is 4.79 Å². The van der Waals surface area contributed by atoms with Crippen molar-refractivity contribution < 1.29 is 9.53 Å². The zero-order chi connectivity index (χ0) is 16.8. The third-order valence-electron chi connectivity index (χ3n) is 3.69. The second kappa shape index (κ2) is 7.58. The van der Waals surface area contributed by atoms with Gasteiger partial charge in [0.05, 0.1) is 5.71 Å². The molecule has 23 heavy (non-hydrogen) atoms. The predicted molar refractivity (Wildman–Crippen MR) is 92.8 cm³/mol. The summed E-state index contributed by atoms with van der Waals surface area (Å²) in [5.41, 5.74) is 6.59. The van der Waals surface area contributed by atoms with Gasteiger partial charge in [0, 0.05) is 0 Å². The van der Waals surface area contributed by atoms with Gasteiger partial charge >= 0.3 is 0 Å². The van der Waals surface area contributed by atoms with Crippen molar-refractivity contribution in [2.45, 2.75) is 33.8 Å². The number of ether oxygens (including phenoxy) is 1. The fraction of sp³-hybridized carbons (Fsp3) is 0.263. The van der Waals surface area contributed by atoms with Crippen LogP contribution in [-0.4, -0.2) is 17.7 Å². The van der Waals surface area contributed by atoms with Crippen molar-refractivity contribution in [2.24, 2.45) is 5.10 Å². The molecule has 1 amide bonds. The van der Waals surface area contributed by atoms with E-state index in [2.05, 4.69) is 10.5 Å². The van der Waals surface area contributed by atoms with E-state index in [1.165, 1.54) is 5.56 Å². The molecule has 2 rings (SSSR count). The molecule has 1 unspecified atom stereocenters. The van der Waals surface area contributed by atoms with Crippen LogP contribution in [-0.2, 0) is 4.79 Å². The normalized spacial score (nSPS) is 12.6. The number of amides is 1. The Hall–Kier alpha value is -2.62. The molecule has 0 radical (unpaired) electrons. The van der Waals surface area contributed by atoms with Gasteiger partial charge in [-0.15, -0.1) is 0 Å². The lowest BCUT2D eigenvalue weighted by Crippen LogP contribution is -2.34. The van der Waals surface area contributed by atoms with Gasteiger partial charge in [0.1, 0.15) is 5.75 Å². The number of nitrogens with one attached hydrogen (secondary N) is 1. The van der Waals surface area contributed by atoms with E-state index in [4.69, 9.17) is 4.74 Å². The second-order valence-corrected chi connectivity index (χ2v) is 5.55. The molecule has 0 spiro atoms. The van der Waals surface area contributed by atoms with Gasteiger partial charge in [-0.05, 0) is 56.5 Å². The van der Waals surface area contributed by atoms with Crippen LogP contribution in [0.15, 0.2) is 53.6 Å². The van der Waals surface area contributed by atoms with Gasteiger partial charge in [-0.25, -0.2) is 5.43 Å². The highest BCUT2D eigenvalue weighted by molar-refractivity contribution is 5.99. The van der Waals surface area contributed by atoms with Gasteiger partial charge in [0.2, 0.25) is 0 Å². The number of rotatable bonds is 5. The fourth-order valence-electron chi connectivity index (χ4n) is 2.02. The largest absolute Gasteiger partial charge is 0.481 e. The minimum absolute atomic E-state index is 0.279. The molecule has 0 aliphatic heterocycles. The van der Waals surface area contributed by atoms with Crippen molar-refractivity contribution >= 4 is 11.6 Å².